The standard InChI is InChI=1S/C15H15N3O3S3/c16-24(20,21)15-8-5-10(22-15)9-17-13(19)6-7-14-18-11-3-1-2-4-12(11)23-14/h1-5,8H,6-7,9H2,(H,17,19)(H2,16,20,21). The number of hydrogen-bond donors (Lipinski definition) is 2. The van der Waals surface area contributed by atoms with Crippen LogP contribution in [0.5, 0.6) is 0 Å². The Hall–Kier alpha value is -1.81. The summed E-state index contributed by atoms with van der Waals surface area (Å²) in [6, 6.07) is 11.0. The summed E-state index contributed by atoms with van der Waals surface area (Å²) in [4.78, 5) is 17.2. The van der Waals surface area contributed by atoms with E-state index in [1.165, 1.54) is 6.07 Å². The van der Waals surface area contributed by atoms with Gasteiger partial charge in [0.25, 0.3) is 0 Å². The average molecular weight is 382 g/mol. The fourth-order valence-corrected chi connectivity index (χ4v) is 4.81. The molecule has 2 aromatic heterocycles. The minimum absolute atomic E-state index is 0.0974. The van der Waals surface area contributed by atoms with Gasteiger partial charge >= 0.3 is 0 Å². The zero-order valence-electron chi connectivity index (χ0n) is 12.6. The number of nitrogens with one attached hydrogen (secondary N) is 1. The molecule has 6 nitrogen and oxygen atoms in total. The van der Waals surface area contributed by atoms with Gasteiger partial charge < -0.3 is 5.32 Å². The maximum absolute atomic E-state index is 11.9. The zero-order chi connectivity index (χ0) is 17.2. The molecule has 0 aliphatic heterocycles. The molecule has 0 spiro atoms. The van der Waals surface area contributed by atoms with E-state index in [1.54, 1.807) is 17.4 Å². The molecule has 24 heavy (non-hydrogen) atoms. The Morgan fingerprint density at radius 2 is 1.96 bits per heavy atom. The lowest BCUT2D eigenvalue weighted by Gasteiger charge is -2.02. The number of thiazole rings is 1. The Morgan fingerprint density at radius 3 is 2.67 bits per heavy atom. The number of carbonyl (C=O) groups excluding carboxylic acids is 1. The molecule has 9 heteroatoms. The van der Waals surface area contributed by atoms with E-state index in [1.807, 2.05) is 24.3 Å². The highest BCUT2D eigenvalue weighted by atomic mass is 32.2. The molecule has 3 N–H and O–H groups in total. The molecule has 1 amide bonds. The molecule has 0 unspecified atom stereocenters. The third-order valence-electron chi connectivity index (χ3n) is 3.28. The summed E-state index contributed by atoms with van der Waals surface area (Å²) in [6.07, 6.45) is 0.922. The van der Waals surface area contributed by atoms with Crippen LogP contribution in [-0.2, 0) is 27.8 Å². The van der Waals surface area contributed by atoms with E-state index in [0.29, 0.717) is 19.4 Å². The second-order valence-corrected chi connectivity index (χ2v) is 9.19. The van der Waals surface area contributed by atoms with Crippen molar-refractivity contribution in [3.05, 3.63) is 46.3 Å². The summed E-state index contributed by atoms with van der Waals surface area (Å²) in [5.74, 6) is -0.0974. The Labute approximate surface area is 147 Å². The topological polar surface area (TPSA) is 102 Å². The predicted octanol–water partition coefficient (Wildman–Crippen LogP) is 2.25. The molecule has 0 saturated carbocycles. The number of benzene rings is 1. The van der Waals surface area contributed by atoms with Gasteiger partial charge in [-0.15, -0.1) is 22.7 Å². The molecule has 0 aliphatic rings. The molecule has 126 valence electrons. The number of fused-ring (bicyclic) bond motifs is 1. The first kappa shape index (κ1) is 17.0. The third kappa shape index (κ3) is 4.18. The maximum Gasteiger partial charge on any atom is 0.247 e. The van der Waals surface area contributed by atoms with Crippen LogP contribution in [0.3, 0.4) is 0 Å². The SMILES string of the molecule is NS(=O)(=O)c1ccc(CNC(=O)CCc2nc3ccccc3s2)s1. The largest absolute Gasteiger partial charge is 0.351 e. The number of primary sulfonamides is 1. The van der Waals surface area contributed by atoms with Crippen LogP contribution in [0.2, 0.25) is 0 Å². The fraction of sp³-hybridized carbons (Fsp3) is 0.200. The number of thiophene rings is 1. The lowest BCUT2D eigenvalue weighted by molar-refractivity contribution is -0.121. The third-order valence-corrected chi connectivity index (χ3v) is 6.90. The molecule has 0 fully saturated rings. The highest BCUT2D eigenvalue weighted by molar-refractivity contribution is 7.91. The molecule has 1 aromatic carbocycles. The maximum atomic E-state index is 11.9. The van der Waals surface area contributed by atoms with Crippen molar-refractivity contribution in [3.8, 4) is 0 Å². The van der Waals surface area contributed by atoms with Gasteiger partial charge in [0.05, 0.1) is 21.8 Å². The zero-order valence-corrected chi connectivity index (χ0v) is 15.0. The van der Waals surface area contributed by atoms with Crippen molar-refractivity contribution in [1.82, 2.24) is 10.3 Å². The summed E-state index contributed by atoms with van der Waals surface area (Å²) in [5, 5.41) is 8.77. The Balaban J connectivity index is 1.51. The van der Waals surface area contributed by atoms with Gasteiger partial charge in [0, 0.05) is 17.7 Å². The van der Waals surface area contributed by atoms with Gasteiger partial charge in [0.2, 0.25) is 15.9 Å². The molecule has 0 radical (unpaired) electrons. The fourth-order valence-electron chi connectivity index (χ4n) is 2.13. The number of aryl methyl sites for hydroxylation is 1. The number of sulfonamides is 1. The van der Waals surface area contributed by atoms with Crippen LogP contribution in [0, 0.1) is 0 Å². The van der Waals surface area contributed by atoms with E-state index >= 15 is 0 Å². The van der Waals surface area contributed by atoms with E-state index in [9.17, 15) is 13.2 Å². The molecular weight excluding hydrogens is 366 g/mol. The van der Waals surface area contributed by atoms with Gasteiger partial charge in [-0.05, 0) is 24.3 Å². The van der Waals surface area contributed by atoms with Crippen molar-refractivity contribution in [2.75, 3.05) is 0 Å². The summed E-state index contributed by atoms with van der Waals surface area (Å²) in [7, 11) is -3.68. The quantitative estimate of drug-likeness (QED) is 0.683. The van der Waals surface area contributed by atoms with Crippen LogP contribution in [-0.4, -0.2) is 19.3 Å². The van der Waals surface area contributed by atoms with Crippen LogP contribution >= 0.6 is 22.7 Å². The minimum Gasteiger partial charge on any atom is -0.351 e. The van der Waals surface area contributed by atoms with Crippen LogP contribution in [0.25, 0.3) is 10.2 Å². The number of rotatable bonds is 6. The minimum atomic E-state index is -3.68. The number of nitrogens with two attached hydrogens (primary N) is 1. The highest BCUT2D eigenvalue weighted by Gasteiger charge is 2.12. The summed E-state index contributed by atoms with van der Waals surface area (Å²) < 4.78 is 23.6. The second kappa shape index (κ2) is 6.98. The predicted molar refractivity (Wildman–Crippen MR) is 95.5 cm³/mol. The number of aromatic nitrogens is 1. The van der Waals surface area contributed by atoms with Crippen LogP contribution in [0.4, 0.5) is 0 Å². The summed E-state index contributed by atoms with van der Waals surface area (Å²) >= 11 is 2.65. The number of para-hydroxylation sites is 1. The van der Waals surface area contributed by atoms with Gasteiger partial charge in [-0.3, -0.25) is 4.79 Å². The van der Waals surface area contributed by atoms with Crippen molar-refractivity contribution in [3.63, 3.8) is 0 Å². The average Bonchev–Trinajstić information content (AvgIpc) is 3.16. The Kier molecular flexibility index (Phi) is 4.95. The number of nitrogens with zero attached hydrogens (tertiary/aromatic N) is 1. The molecule has 3 rings (SSSR count). The van der Waals surface area contributed by atoms with E-state index in [0.717, 1.165) is 31.4 Å². The van der Waals surface area contributed by atoms with Gasteiger partial charge in [0.1, 0.15) is 4.21 Å². The summed E-state index contributed by atoms with van der Waals surface area (Å²) in [6.45, 7) is 0.291. The van der Waals surface area contributed by atoms with Crippen molar-refractivity contribution >= 4 is 48.8 Å². The van der Waals surface area contributed by atoms with Crippen molar-refractivity contribution in [1.29, 1.82) is 0 Å². The molecule has 3 aromatic rings. The molecule has 0 bridgehead atoms. The van der Waals surface area contributed by atoms with E-state index in [-0.39, 0.29) is 10.1 Å². The van der Waals surface area contributed by atoms with E-state index in [2.05, 4.69) is 10.3 Å². The van der Waals surface area contributed by atoms with E-state index in [4.69, 9.17) is 5.14 Å². The second-order valence-electron chi connectivity index (χ2n) is 5.12. The van der Waals surface area contributed by atoms with Crippen molar-refractivity contribution in [2.24, 2.45) is 5.14 Å². The lowest BCUT2D eigenvalue weighted by Crippen LogP contribution is -2.22. The van der Waals surface area contributed by atoms with Crippen molar-refractivity contribution < 1.29 is 13.2 Å². The lowest BCUT2D eigenvalue weighted by atomic mass is 10.3. The van der Waals surface area contributed by atoms with Crippen molar-refractivity contribution in [2.45, 2.75) is 23.6 Å². The number of amides is 1. The van der Waals surface area contributed by atoms with Gasteiger partial charge in [-0.25, -0.2) is 18.5 Å². The first-order valence-corrected chi connectivity index (χ1v) is 10.3. The smallest absolute Gasteiger partial charge is 0.247 e. The number of carbonyl (C=O) groups is 1. The normalized spacial score (nSPS) is 11.7. The summed E-state index contributed by atoms with van der Waals surface area (Å²) in [5.41, 5.74) is 0.951. The Bertz CT molecular complexity index is 943. The van der Waals surface area contributed by atoms with Gasteiger partial charge in [-0.1, -0.05) is 12.1 Å². The van der Waals surface area contributed by atoms with Crippen LogP contribution in [0.15, 0.2) is 40.6 Å². The molecule has 0 aliphatic carbocycles. The highest BCUT2D eigenvalue weighted by Crippen LogP contribution is 2.22. The first-order valence-electron chi connectivity index (χ1n) is 7.14. The first-order chi connectivity index (χ1) is 11.4. The molecule has 0 saturated heterocycles. The number of hydrogen-bond acceptors (Lipinski definition) is 6. The van der Waals surface area contributed by atoms with E-state index < -0.39 is 10.0 Å². The monoisotopic (exact) mass is 381 g/mol. The molecular formula is C15H15N3O3S3. The van der Waals surface area contributed by atoms with Gasteiger partial charge in [0.15, 0.2) is 0 Å². The van der Waals surface area contributed by atoms with Crippen LogP contribution in [0.1, 0.15) is 16.3 Å². The Morgan fingerprint density at radius 1 is 1.17 bits per heavy atom. The molecule has 0 atom stereocenters. The van der Waals surface area contributed by atoms with Crippen LogP contribution < -0.4 is 10.5 Å². The molecule has 2 heterocycles. The van der Waals surface area contributed by atoms with Gasteiger partial charge in [-0.2, -0.15) is 0 Å².